The molecule has 0 saturated heterocycles. The third kappa shape index (κ3) is 3.60. The average Bonchev–Trinajstić information content (AvgIpc) is 3.28. The molecule has 2 aromatic carbocycles. The third-order valence-electron chi connectivity index (χ3n) is 4.93. The van der Waals surface area contributed by atoms with Crippen LogP contribution in [0.1, 0.15) is 17.2 Å². The van der Waals surface area contributed by atoms with E-state index in [4.69, 9.17) is 4.74 Å². The number of nitrogens with zero attached hydrogens (tertiary/aromatic N) is 1. The zero-order valence-electron chi connectivity index (χ0n) is 15.3. The van der Waals surface area contributed by atoms with E-state index in [1.807, 2.05) is 31.1 Å². The average molecular weight is 403 g/mol. The van der Waals surface area contributed by atoms with E-state index in [-0.39, 0.29) is 6.04 Å². The smallest absolute Gasteiger partial charge is 0.240 e. The van der Waals surface area contributed by atoms with Crippen molar-refractivity contribution in [2.75, 3.05) is 27.2 Å². The summed E-state index contributed by atoms with van der Waals surface area (Å²) in [5, 5.41) is 3.30. The van der Waals surface area contributed by atoms with E-state index in [0.29, 0.717) is 18.0 Å². The Kier molecular flexibility index (Phi) is 4.94. The van der Waals surface area contributed by atoms with Crippen molar-refractivity contribution in [2.45, 2.75) is 17.4 Å². The predicted molar refractivity (Wildman–Crippen MR) is 109 cm³/mol. The van der Waals surface area contributed by atoms with Crippen molar-refractivity contribution >= 4 is 31.4 Å². The van der Waals surface area contributed by atoms with Gasteiger partial charge in [-0.3, -0.25) is 0 Å². The van der Waals surface area contributed by atoms with Crippen LogP contribution in [0.2, 0.25) is 0 Å². The predicted octanol–water partition coefficient (Wildman–Crippen LogP) is 3.42. The lowest BCUT2D eigenvalue weighted by molar-refractivity contribution is 0.301. The molecule has 1 atom stereocenters. The molecule has 0 unspecified atom stereocenters. The van der Waals surface area contributed by atoms with Gasteiger partial charge in [0.05, 0.1) is 11.5 Å². The summed E-state index contributed by atoms with van der Waals surface area (Å²) in [6.07, 6.45) is 0.750. The topological polar surface area (TPSA) is 58.6 Å². The van der Waals surface area contributed by atoms with Crippen LogP contribution in [0.25, 0.3) is 10.1 Å². The maximum atomic E-state index is 12.8. The lowest BCUT2D eigenvalue weighted by Crippen LogP contribution is -2.34. The van der Waals surface area contributed by atoms with E-state index in [1.54, 1.807) is 29.5 Å². The molecule has 1 aromatic heterocycles. The van der Waals surface area contributed by atoms with Crippen LogP contribution >= 0.6 is 11.3 Å². The molecular formula is C20H22N2O3S2. The Labute approximate surface area is 163 Å². The van der Waals surface area contributed by atoms with E-state index < -0.39 is 10.0 Å². The molecule has 5 nitrogen and oxygen atoms in total. The first-order chi connectivity index (χ1) is 13.0. The SMILES string of the molecule is CN(C)[C@H](CNS(=O)(=O)c1ccc2c(c1)CCO2)c1csc2ccccc12. The molecular weight excluding hydrogens is 380 g/mol. The number of benzene rings is 2. The van der Waals surface area contributed by atoms with Crippen LogP contribution in [0.15, 0.2) is 52.7 Å². The number of nitrogens with one attached hydrogen (secondary N) is 1. The first-order valence-electron chi connectivity index (χ1n) is 8.83. The maximum Gasteiger partial charge on any atom is 0.240 e. The van der Waals surface area contributed by atoms with E-state index in [1.165, 1.54) is 10.1 Å². The van der Waals surface area contributed by atoms with Crippen LogP contribution in [0, 0.1) is 0 Å². The van der Waals surface area contributed by atoms with Crippen LogP contribution in [-0.4, -0.2) is 40.6 Å². The molecule has 27 heavy (non-hydrogen) atoms. The van der Waals surface area contributed by atoms with Gasteiger partial charge in [-0.1, -0.05) is 18.2 Å². The highest BCUT2D eigenvalue weighted by Crippen LogP contribution is 2.32. The fraction of sp³-hybridized carbons (Fsp3) is 0.300. The molecule has 0 aliphatic carbocycles. The second-order valence-corrected chi connectivity index (χ2v) is 9.56. The first kappa shape index (κ1) is 18.4. The van der Waals surface area contributed by atoms with Gasteiger partial charge >= 0.3 is 0 Å². The third-order valence-corrected chi connectivity index (χ3v) is 7.33. The molecule has 0 saturated carbocycles. The molecule has 142 valence electrons. The highest BCUT2D eigenvalue weighted by atomic mass is 32.2. The second kappa shape index (κ2) is 7.24. The van der Waals surface area contributed by atoms with Crippen LogP contribution < -0.4 is 9.46 Å². The summed E-state index contributed by atoms with van der Waals surface area (Å²) in [6.45, 7) is 0.920. The minimum absolute atomic E-state index is 0.0475. The van der Waals surface area contributed by atoms with Gasteiger partial charge in [-0.25, -0.2) is 13.1 Å². The Bertz CT molecular complexity index is 1070. The summed E-state index contributed by atoms with van der Waals surface area (Å²) in [5.74, 6) is 0.782. The van der Waals surface area contributed by atoms with E-state index in [2.05, 4.69) is 22.2 Å². The van der Waals surface area contributed by atoms with Crippen molar-refractivity contribution in [2.24, 2.45) is 0 Å². The van der Waals surface area contributed by atoms with Gasteiger partial charge in [0.2, 0.25) is 10.0 Å². The van der Waals surface area contributed by atoms with Gasteiger partial charge in [-0.2, -0.15) is 0 Å². The summed E-state index contributed by atoms with van der Waals surface area (Å²) in [4.78, 5) is 2.34. The normalized spacial score (nSPS) is 15.1. The van der Waals surface area contributed by atoms with Crippen LogP contribution in [0.4, 0.5) is 0 Å². The van der Waals surface area contributed by atoms with Gasteiger partial charge in [0.25, 0.3) is 0 Å². The fourth-order valence-corrected chi connectivity index (χ4v) is 5.53. The van der Waals surface area contributed by atoms with Gasteiger partial charge in [0.1, 0.15) is 5.75 Å². The lowest BCUT2D eigenvalue weighted by Gasteiger charge is -2.24. The highest BCUT2D eigenvalue weighted by molar-refractivity contribution is 7.89. The van der Waals surface area contributed by atoms with Crippen LogP contribution in [0.3, 0.4) is 0 Å². The van der Waals surface area contributed by atoms with Gasteiger partial charge < -0.3 is 9.64 Å². The van der Waals surface area contributed by atoms with Crippen LogP contribution in [-0.2, 0) is 16.4 Å². The van der Waals surface area contributed by atoms with Crippen molar-refractivity contribution in [3.8, 4) is 5.75 Å². The fourth-order valence-electron chi connectivity index (χ4n) is 3.43. The van der Waals surface area contributed by atoms with Crippen molar-refractivity contribution < 1.29 is 13.2 Å². The Morgan fingerprint density at radius 2 is 2.04 bits per heavy atom. The van der Waals surface area contributed by atoms with Crippen molar-refractivity contribution in [3.05, 3.63) is 59.0 Å². The Morgan fingerprint density at radius 1 is 1.22 bits per heavy atom. The van der Waals surface area contributed by atoms with E-state index in [0.717, 1.165) is 23.3 Å². The molecule has 0 bridgehead atoms. The number of thiophene rings is 1. The molecule has 0 fully saturated rings. The number of sulfonamides is 1. The zero-order valence-corrected chi connectivity index (χ0v) is 16.9. The Hall–Kier alpha value is -1.93. The molecule has 2 heterocycles. The van der Waals surface area contributed by atoms with E-state index in [9.17, 15) is 8.42 Å². The molecule has 1 aliphatic heterocycles. The van der Waals surface area contributed by atoms with Gasteiger partial charge in [-0.05, 0) is 60.3 Å². The number of likely N-dealkylation sites (N-methyl/N-ethyl adjacent to an activating group) is 1. The van der Waals surface area contributed by atoms with Gasteiger partial charge in [-0.15, -0.1) is 11.3 Å². The molecule has 0 amide bonds. The monoisotopic (exact) mass is 402 g/mol. The molecule has 1 N–H and O–H groups in total. The van der Waals surface area contributed by atoms with Crippen molar-refractivity contribution in [3.63, 3.8) is 0 Å². The largest absolute Gasteiger partial charge is 0.493 e. The van der Waals surface area contributed by atoms with Gasteiger partial charge in [0, 0.05) is 23.7 Å². The number of ether oxygens (including phenoxy) is 1. The summed E-state index contributed by atoms with van der Waals surface area (Å²) in [6, 6.07) is 13.2. The Morgan fingerprint density at radius 3 is 2.85 bits per heavy atom. The molecule has 4 rings (SSSR count). The van der Waals surface area contributed by atoms with Crippen molar-refractivity contribution in [1.29, 1.82) is 0 Å². The second-order valence-electron chi connectivity index (χ2n) is 6.89. The summed E-state index contributed by atoms with van der Waals surface area (Å²) < 4.78 is 35.1. The molecule has 3 aromatic rings. The zero-order chi connectivity index (χ0) is 19.0. The van der Waals surface area contributed by atoms with Gasteiger partial charge in [0.15, 0.2) is 0 Å². The summed E-state index contributed by atoms with van der Waals surface area (Å²) in [7, 11) is 0.357. The van der Waals surface area contributed by atoms with E-state index >= 15 is 0 Å². The minimum atomic E-state index is -3.58. The number of rotatable bonds is 6. The summed E-state index contributed by atoms with van der Waals surface area (Å²) >= 11 is 1.69. The Balaban J connectivity index is 1.58. The first-order valence-corrected chi connectivity index (χ1v) is 11.2. The van der Waals surface area contributed by atoms with Crippen LogP contribution in [0.5, 0.6) is 5.75 Å². The quantitative estimate of drug-likeness (QED) is 0.686. The number of hydrogen-bond donors (Lipinski definition) is 1. The number of fused-ring (bicyclic) bond motifs is 2. The molecule has 0 radical (unpaired) electrons. The van der Waals surface area contributed by atoms with Crippen molar-refractivity contribution in [1.82, 2.24) is 9.62 Å². The highest BCUT2D eigenvalue weighted by Gasteiger charge is 2.23. The standard InChI is InChI=1S/C20H22N2O3S2/c1-22(2)18(17-13-26-20-6-4-3-5-16(17)20)12-21-27(23,24)15-7-8-19-14(11-15)9-10-25-19/h3-8,11,13,18,21H,9-10,12H2,1-2H3/t18-/m1/s1. The minimum Gasteiger partial charge on any atom is -0.493 e. The number of hydrogen-bond acceptors (Lipinski definition) is 5. The molecule has 0 spiro atoms. The lowest BCUT2D eigenvalue weighted by atomic mass is 10.1. The molecule has 7 heteroatoms. The summed E-state index contributed by atoms with van der Waals surface area (Å²) in [5.41, 5.74) is 2.09. The molecule has 1 aliphatic rings. The maximum absolute atomic E-state index is 12.8.